The van der Waals surface area contributed by atoms with Crippen molar-refractivity contribution >= 4 is 17.9 Å². The van der Waals surface area contributed by atoms with Crippen LogP contribution in [-0.2, 0) is 15.7 Å². The summed E-state index contributed by atoms with van der Waals surface area (Å²) in [6, 6.07) is 0. The van der Waals surface area contributed by atoms with E-state index in [1.807, 2.05) is 11.1 Å². The molecule has 0 saturated carbocycles. The van der Waals surface area contributed by atoms with E-state index < -0.39 is 18.0 Å². The molecule has 4 aliphatic heterocycles. The van der Waals surface area contributed by atoms with Crippen molar-refractivity contribution < 1.29 is 27.8 Å². The number of carbonyl (C=O) groups is 1. The lowest BCUT2D eigenvalue weighted by molar-refractivity contribution is -0.141. The van der Waals surface area contributed by atoms with E-state index in [0.717, 1.165) is 78.5 Å². The first-order valence-electron chi connectivity index (χ1n) is 15.4. The quantitative estimate of drug-likeness (QED) is 0.462. The van der Waals surface area contributed by atoms with Crippen molar-refractivity contribution in [3.63, 3.8) is 0 Å². The van der Waals surface area contributed by atoms with Crippen LogP contribution in [-0.4, -0.2) is 70.0 Å². The standard InChI is InChI=1S/C33H38F3N5O3/c1-22-4-2-5-23(16-31(43)41-14-9-25(42)21-41)6-7-26(22)27-17-24-18-32(44-28(24)8-12-37-27)10-3-13-40(15-11-32)30-20-38-29(19-39-30)33(34,35)36/h4,6-7,12,17,19-20,25,42H,2-3,5,8-11,13-16,18,21H2,1H3/b22-4?,23-6+,26-7+. The van der Waals surface area contributed by atoms with E-state index in [0.29, 0.717) is 51.3 Å². The number of hydrogen-bond donors (Lipinski definition) is 1. The van der Waals surface area contributed by atoms with E-state index in [2.05, 4.69) is 41.2 Å². The topological polar surface area (TPSA) is 91.2 Å². The molecule has 1 N–H and O–H groups in total. The molecule has 234 valence electrons. The minimum atomic E-state index is -4.51. The van der Waals surface area contributed by atoms with Gasteiger partial charge in [0.05, 0.1) is 24.2 Å². The van der Waals surface area contributed by atoms with Crippen molar-refractivity contribution in [2.45, 2.75) is 82.6 Å². The van der Waals surface area contributed by atoms with Crippen LogP contribution in [0.3, 0.4) is 0 Å². The van der Waals surface area contributed by atoms with Crippen molar-refractivity contribution in [1.82, 2.24) is 14.9 Å². The lowest BCUT2D eigenvalue weighted by Crippen LogP contribution is -2.31. The monoisotopic (exact) mass is 609 g/mol. The van der Waals surface area contributed by atoms with Gasteiger partial charge in [0.15, 0.2) is 5.69 Å². The smallest absolute Gasteiger partial charge is 0.434 e. The number of hydrogen-bond acceptors (Lipinski definition) is 7. The summed E-state index contributed by atoms with van der Waals surface area (Å²) in [5, 5.41) is 9.82. The minimum absolute atomic E-state index is 0.0614. The molecule has 1 aromatic rings. The van der Waals surface area contributed by atoms with Gasteiger partial charge >= 0.3 is 6.18 Å². The summed E-state index contributed by atoms with van der Waals surface area (Å²) in [5.74, 6) is 1.43. The van der Waals surface area contributed by atoms with E-state index in [4.69, 9.17) is 9.73 Å². The molecule has 44 heavy (non-hydrogen) atoms. The number of aliphatic imine (C=N–C) groups is 1. The van der Waals surface area contributed by atoms with Crippen LogP contribution >= 0.6 is 0 Å². The second-order valence-corrected chi connectivity index (χ2v) is 12.3. The number of alkyl halides is 3. The van der Waals surface area contributed by atoms with Gasteiger partial charge in [-0.1, -0.05) is 23.8 Å². The van der Waals surface area contributed by atoms with Crippen molar-refractivity contribution in [3.8, 4) is 0 Å². The van der Waals surface area contributed by atoms with Gasteiger partial charge in [-0.15, -0.1) is 0 Å². The van der Waals surface area contributed by atoms with Gasteiger partial charge in [-0.3, -0.25) is 9.79 Å². The third kappa shape index (κ3) is 6.67. The molecule has 1 aliphatic carbocycles. The number of likely N-dealkylation sites (tertiary alicyclic amines) is 1. The van der Waals surface area contributed by atoms with Gasteiger partial charge in [-0.05, 0) is 56.3 Å². The molecule has 8 nitrogen and oxygen atoms in total. The number of β-amino-alcohol motifs (C(OH)–C–C–N with tert-alkyl or cyclic N) is 1. The maximum atomic E-state index is 13.0. The highest BCUT2D eigenvalue weighted by Gasteiger charge is 2.42. The normalized spacial score (nSPS) is 28.5. The van der Waals surface area contributed by atoms with Gasteiger partial charge in [-0.2, -0.15) is 13.2 Å². The number of carbonyl (C=O) groups excluding carboxylic acids is 1. The van der Waals surface area contributed by atoms with Crippen LogP contribution in [0.4, 0.5) is 19.0 Å². The van der Waals surface area contributed by atoms with Crippen molar-refractivity contribution in [2.24, 2.45) is 4.99 Å². The molecular weight excluding hydrogens is 571 g/mol. The summed E-state index contributed by atoms with van der Waals surface area (Å²) < 4.78 is 45.5. The molecule has 0 aromatic carbocycles. The largest absolute Gasteiger partial charge is 0.491 e. The number of aromatic nitrogens is 2. The molecule has 2 fully saturated rings. The summed E-state index contributed by atoms with van der Waals surface area (Å²) in [6.07, 6.45) is 13.8. The van der Waals surface area contributed by atoms with E-state index in [1.165, 1.54) is 6.20 Å². The molecule has 1 aromatic heterocycles. The van der Waals surface area contributed by atoms with Crippen LogP contribution in [0.2, 0.25) is 0 Å². The zero-order valence-corrected chi connectivity index (χ0v) is 24.9. The fraction of sp³-hybridized carbons (Fsp3) is 0.515. The van der Waals surface area contributed by atoms with E-state index in [-0.39, 0.29) is 11.5 Å². The predicted octanol–water partition coefficient (Wildman–Crippen LogP) is 5.83. The van der Waals surface area contributed by atoms with Crippen LogP contribution in [0.25, 0.3) is 0 Å². The van der Waals surface area contributed by atoms with E-state index in [1.54, 1.807) is 4.90 Å². The SMILES string of the molecule is CC1=CCC/C(CC(=O)N2CCC(O)C2)=C\C=C/1C1=CC2=C(CC=N1)OC1(CCCN(c3cnc(C(F)(F)F)cn3)CC1)C2. The maximum Gasteiger partial charge on any atom is 0.434 e. The Morgan fingerprint density at radius 2 is 2.02 bits per heavy atom. The third-order valence-electron chi connectivity index (χ3n) is 9.18. The average Bonchev–Trinajstić information content (AvgIpc) is 3.42. The summed E-state index contributed by atoms with van der Waals surface area (Å²) in [4.78, 5) is 29.0. The maximum absolute atomic E-state index is 13.0. The number of aliphatic hydroxyl groups is 1. The number of anilines is 1. The number of amides is 1. The van der Waals surface area contributed by atoms with Gasteiger partial charge in [0.2, 0.25) is 5.91 Å². The van der Waals surface area contributed by atoms with Crippen molar-refractivity contribution in [2.75, 3.05) is 31.1 Å². The second kappa shape index (κ2) is 12.3. The number of halogens is 3. The molecule has 0 bridgehead atoms. The van der Waals surface area contributed by atoms with E-state index in [9.17, 15) is 23.1 Å². The Bertz CT molecular complexity index is 1470. The first-order valence-corrected chi connectivity index (χ1v) is 15.4. The van der Waals surface area contributed by atoms with Gasteiger partial charge in [0.25, 0.3) is 0 Å². The summed E-state index contributed by atoms with van der Waals surface area (Å²) >= 11 is 0. The van der Waals surface area contributed by atoms with Crippen molar-refractivity contribution in [1.29, 1.82) is 0 Å². The fourth-order valence-corrected chi connectivity index (χ4v) is 6.70. The Morgan fingerprint density at radius 1 is 1.16 bits per heavy atom. The van der Waals surface area contributed by atoms with Crippen LogP contribution in [0.1, 0.15) is 70.4 Å². The Labute approximate surface area is 255 Å². The zero-order chi connectivity index (χ0) is 30.9. The number of nitrogens with zero attached hydrogens (tertiary/aromatic N) is 5. The molecular formula is C33H38F3N5O3. The first-order chi connectivity index (χ1) is 21.1. The molecule has 6 rings (SSSR count). The van der Waals surface area contributed by atoms with Gasteiger partial charge in [0, 0.05) is 63.7 Å². The lowest BCUT2D eigenvalue weighted by atomic mass is 9.88. The zero-order valence-electron chi connectivity index (χ0n) is 24.9. The van der Waals surface area contributed by atoms with Gasteiger partial charge in [-0.25, -0.2) is 9.97 Å². The highest BCUT2D eigenvalue weighted by Crippen LogP contribution is 2.44. The Hall–Kier alpha value is -3.73. The molecule has 2 unspecified atom stereocenters. The number of allylic oxidation sites excluding steroid dienone is 6. The highest BCUT2D eigenvalue weighted by molar-refractivity contribution is 5.79. The Balaban J connectivity index is 1.15. The van der Waals surface area contributed by atoms with Gasteiger partial charge in [0.1, 0.15) is 17.2 Å². The molecule has 2 saturated heterocycles. The van der Waals surface area contributed by atoms with Crippen LogP contribution in [0, 0.1) is 0 Å². The molecule has 0 radical (unpaired) electrons. The van der Waals surface area contributed by atoms with Crippen LogP contribution in [0.15, 0.2) is 75.4 Å². The second-order valence-electron chi connectivity index (χ2n) is 12.3. The molecule has 1 amide bonds. The summed E-state index contributed by atoms with van der Waals surface area (Å²) in [7, 11) is 0. The number of rotatable bonds is 4. The minimum Gasteiger partial charge on any atom is -0.491 e. The third-order valence-corrected chi connectivity index (χ3v) is 9.18. The lowest BCUT2D eigenvalue weighted by Gasteiger charge is -2.29. The molecule has 1 spiro atoms. The first kappa shape index (κ1) is 30.3. The summed E-state index contributed by atoms with van der Waals surface area (Å²) in [5.41, 5.74) is 3.86. The molecule has 2 atom stereocenters. The Morgan fingerprint density at radius 3 is 2.77 bits per heavy atom. The molecule has 11 heteroatoms. The van der Waals surface area contributed by atoms with Gasteiger partial charge < -0.3 is 19.6 Å². The molecule has 5 heterocycles. The fourth-order valence-electron chi connectivity index (χ4n) is 6.70. The predicted molar refractivity (Wildman–Crippen MR) is 161 cm³/mol. The van der Waals surface area contributed by atoms with Crippen molar-refractivity contribution in [3.05, 3.63) is 76.1 Å². The highest BCUT2D eigenvalue weighted by atomic mass is 19.4. The number of aliphatic hydroxyl groups excluding tert-OH is 1. The molecule has 5 aliphatic rings. The van der Waals surface area contributed by atoms with E-state index >= 15 is 0 Å². The van der Waals surface area contributed by atoms with Crippen LogP contribution in [0.5, 0.6) is 0 Å². The van der Waals surface area contributed by atoms with Crippen LogP contribution < -0.4 is 4.90 Å². The Kier molecular flexibility index (Phi) is 8.50. The average molecular weight is 610 g/mol. The number of ether oxygens (including phenoxy) is 1. The summed E-state index contributed by atoms with van der Waals surface area (Å²) in [6.45, 7) is 4.40.